The lowest BCUT2D eigenvalue weighted by Gasteiger charge is -2.17. The molecule has 0 fully saturated rings. The van der Waals surface area contributed by atoms with Crippen LogP contribution in [0.4, 0.5) is 0 Å². The van der Waals surface area contributed by atoms with Crippen LogP contribution in [0, 0.1) is 0 Å². The summed E-state index contributed by atoms with van der Waals surface area (Å²) in [5.41, 5.74) is 1.20. The van der Waals surface area contributed by atoms with Gasteiger partial charge in [0.25, 0.3) is 0 Å². The van der Waals surface area contributed by atoms with Crippen LogP contribution < -0.4 is 14.2 Å². The zero-order chi connectivity index (χ0) is 16.8. The van der Waals surface area contributed by atoms with Gasteiger partial charge >= 0.3 is 5.97 Å². The number of carbonyl (C=O) groups is 1. The molecule has 5 nitrogen and oxygen atoms in total. The minimum Gasteiger partial charge on any atom is -0.493 e. The topological polar surface area (TPSA) is 54.0 Å². The minimum absolute atomic E-state index is 0.285. The van der Waals surface area contributed by atoms with E-state index in [1.807, 2.05) is 37.3 Å². The molecule has 0 N–H and O–H groups in total. The van der Waals surface area contributed by atoms with Crippen molar-refractivity contribution in [3.63, 3.8) is 0 Å². The molecule has 0 bridgehead atoms. The first-order chi connectivity index (χ1) is 11.1. The van der Waals surface area contributed by atoms with Crippen LogP contribution in [-0.4, -0.2) is 27.3 Å². The van der Waals surface area contributed by atoms with Crippen molar-refractivity contribution < 1.29 is 23.7 Å². The normalized spacial score (nSPS) is 11.5. The molecule has 0 radical (unpaired) electrons. The highest BCUT2D eigenvalue weighted by molar-refractivity contribution is 5.94. The molecule has 2 aromatic carbocycles. The van der Waals surface area contributed by atoms with Gasteiger partial charge in [0, 0.05) is 0 Å². The molecular formula is C18H20O5. The predicted octanol–water partition coefficient (Wildman–Crippen LogP) is 3.63. The van der Waals surface area contributed by atoms with Gasteiger partial charge in [0.1, 0.15) is 11.7 Å². The maximum Gasteiger partial charge on any atom is 0.342 e. The number of rotatable bonds is 6. The van der Waals surface area contributed by atoms with E-state index in [1.54, 1.807) is 12.1 Å². The van der Waals surface area contributed by atoms with Gasteiger partial charge in [0.15, 0.2) is 11.5 Å². The summed E-state index contributed by atoms with van der Waals surface area (Å²) in [5.74, 6) is 0.644. The van der Waals surface area contributed by atoms with Crippen molar-refractivity contribution in [2.75, 3.05) is 21.3 Å². The molecule has 0 saturated heterocycles. The molecule has 122 valence electrons. The summed E-state index contributed by atoms with van der Waals surface area (Å²) < 4.78 is 21.3. The highest BCUT2D eigenvalue weighted by Gasteiger charge is 2.23. The smallest absolute Gasteiger partial charge is 0.342 e. The second-order valence-corrected chi connectivity index (χ2v) is 4.84. The second kappa shape index (κ2) is 7.54. The zero-order valence-electron chi connectivity index (χ0n) is 13.7. The van der Waals surface area contributed by atoms with E-state index in [0.717, 1.165) is 5.56 Å². The van der Waals surface area contributed by atoms with E-state index < -0.39 is 5.97 Å². The summed E-state index contributed by atoms with van der Waals surface area (Å²) in [6, 6.07) is 12.8. The lowest BCUT2D eigenvalue weighted by atomic mass is 10.1. The van der Waals surface area contributed by atoms with Crippen molar-refractivity contribution in [1.82, 2.24) is 0 Å². The summed E-state index contributed by atoms with van der Waals surface area (Å²) in [7, 11) is 4.48. The van der Waals surface area contributed by atoms with Gasteiger partial charge in [-0.05, 0) is 24.6 Å². The maximum absolute atomic E-state index is 12.5. The first-order valence-electron chi connectivity index (χ1n) is 7.17. The van der Waals surface area contributed by atoms with Crippen LogP contribution in [0.15, 0.2) is 42.5 Å². The molecule has 0 saturated carbocycles. The van der Waals surface area contributed by atoms with E-state index in [9.17, 15) is 4.79 Å². The second-order valence-electron chi connectivity index (χ2n) is 4.84. The fraction of sp³-hybridized carbons (Fsp3) is 0.278. The molecule has 0 aliphatic heterocycles. The third-order valence-electron chi connectivity index (χ3n) is 3.48. The molecule has 0 aromatic heterocycles. The Hall–Kier alpha value is -2.69. The van der Waals surface area contributed by atoms with Gasteiger partial charge in [-0.2, -0.15) is 0 Å². The van der Waals surface area contributed by atoms with Gasteiger partial charge < -0.3 is 18.9 Å². The van der Waals surface area contributed by atoms with Crippen molar-refractivity contribution in [3.05, 3.63) is 53.6 Å². The highest BCUT2D eigenvalue weighted by atomic mass is 16.6. The Balaban J connectivity index is 2.29. The Morgan fingerprint density at radius 2 is 1.52 bits per heavy atom. The van der Waals surface area contributed by atoms with Crippen molar-refractivity contribution in [1.29, 1.82) is 0 Å². The number of methoxy groups -OCH3 is 3. The maximum atomic E-state index is 12.5. The summed E-state index contributed by atoms with van der Waals surface area (Å²) in [4.78, 5) is 12.5. The molecule has 0 heterocycles. The SMILES string of the molecule is COc1ccc(C(=O)O[C@H](C)c2ccccc2)c(OC)c1OC. The van der Waals surface area contributed by atoms with Crippen molar-refractivity contribution in [2.45, 2.75) is 13.0 Å². The van der Waals surface area contributed by atoms with E-state index in [0.29, 0.717) is 11.5 Å². The third kappa shape index (κ3) is 3.56. The summed E-state index contributed by atoms with van der Waals surface area (Å²) in [6.07, 6.45) is -0.374. The van der Waals surface area contributed by atoms with Crippen LogP contribution in [0.1, 0.15) is 28.9 Å². The van der Waals surface area contributed by atoms with E-state index in [1.165, 1.54) is 21.3 Å². The summed E-state index contributed by atoms with van der Waals surface area (Å²) in [5, 5.41) is 0. The minimum atomic E-state index is -0.487. The molecular weight excluding hydrogens is 296 g/mol. The van der Waals surface area contributed by atoms with Crippen LogP contribution in [0.25, 0.3) is 0 Å². The fourth-order valence-electron chi connectivity index (χ4n) is 2.28. The Labute approximate surface area is 135 Å². The molecule has 2 aromatic rings. The van der Waals surface area contributed by atoms with Gasteiger partial charge in [0.2, 0.25) is 5.75 Å². The van der Waals surface area contributed by atoms with Crippen molar-refractivity contribution >= 4 is 5.97 Å². The lowest BCUT2D eigenvalue weighted by Crippen LogP contribution is -2.11. The van der Waals surface area contributed by atoms with Gasteiger partial charge in [-0.1, -0.05) is 30.3 Å². The zero-order valence-corrected chi connectivity index (χ0v) is 13.7. The van der Waals surface area contributed by atoms with Gasteiger partial charge in [0.05, 0.1) is 21.3 Å². The first kappa shape index (κ1) is 16.7. The quantitative estimate of drug-likeness (QED) is 0.762. The fourth-order valence-corrected chi connectivity index (χ4v) is 2.28. The average Bonchev–Trinajstić information content (AvgIpc) is 2.60. The largest absolute Gasteiger partial charge is 0.493 e. The molecule has 0 aliphatic carbocycles. The van der Waals surface area contributed by atoms with Crippen molar-refractivity contribution in [3.8, 4) is 17.2 Å². The van der Waals surface area contributed by atoms with Gasteiger partial charge in [-0.15, -0.1) is 0 Å². The molecule has 5 heteroatoms. The van der Waals surface area contributed by atoms with Crippen LogP contribution in [0.3, 0.4) is 0 Å². The Kier molecular flexibility index (Phi) is 5.46. The summed E-state index contributed by atoms with van der Waals surface area (Å²) >= 11 is 0. The van der Waals surface area contributed by atoms with E-state index >= 15 is 0 Å². The first-order valence-corrected chi connectivity index (χ1v) is 7.17. The van der Waals surface area contributed by atoms with E-state index in [4.69, 9.17) is 18.9 Å². The number of hydrogen-bond donors (Lipinski definition) is 0. The Morgan fingerprint density at radius 3 is 2.09 bits per heavy atom. The van der Waals surface area contributed by atoms with Gasteiger partial charge in [-0.25, -0.2) is 4.79 Å². The Morgan fingerprint density at radius 1 is 0.870 bits per heavy atom. The average molecular weight is 316 g/mol. The lowest BCUT2D eigenvalue weighted by molar-refractivity contribution is 0.0333. The number of esters is 1. The van der Waals surface area contributed by atoms with E-state index in [2.05, 4.69) is 0 Å². The van der Waals surface area contributed by atoms with Crippen LogP contribution >= 0.6 is 0 Å². The summed E-state index contributed by atoms with van der Waals surface area (Å²) in [6.45, 7) is 1.82. The number of hydrogen-bond acceptors (Lipinski definition) is 5. The third-order valence-corrected chi connectivity index (χ3v) is 3.48. The van der Waals surface area contributed by atoms with Gasteiger partial charge in [-0.3, -0.25) is 0 Å². The van der Waals surface area contributed by atoms with E-state index in [-0.39, 0.29) is 17.4 Å². The van der Waals surface area contributed by atoms with Crippen LogP contribution in [0.5, 0.6) is 17.2 Å². The number of carbonyl (C=O) groups excluding carboxylic acids is 1. The van der Waals surface area contributed by atoms with Crippen LogP contribution in [-0.2, 0) is 4.74 Å². The number of benzene rings is 2. The molecule has 0 aliphatic rings. The number of ether oxygens (including phenoxy) is 4. The predicted molar refractivity (Wildman–Crippen MR) is 86.4 cm³/mol. The highest BCUT2D eigenvalue weighted by Crippen LogP contribution is 2.40. The van der Waals surface area contributed by atoms with Crippen LogP contribution in [0.2, 0.25) is 0 Å². The molecule has 23 heavy (non-hydrogen) atoms. The van der Waals surface area contributed by atoms with Crippen molar-refractivity contribution in [2.24, 2.45) is 0 Å². The standard InChI is InChI=1S/C18H20O5/c1-12(13-8-6-5-7-9-13)23-18(19)14-10-11-15(20-2)17(22-4)16(14)21-3/h5-12H,1-4H3/t12-/m1/s1. The monoisotopic (exact) mass is 316 g/mol. The molecule has 2 rings (SSSR count). The Bertz CT molecular complexity index is 667. The molecule has 0 spiro atoms. The molecule has 0 amide bonds. The molecule has 1 atom stereocenters. The molecule has 0 unspecified atom stereocenters.